The number of allylic oxidation sites excluding steroid dienone is 1. The Morgan fingerprint density at radius 3 is 1.74 bits per heavy atom. The minimum Gasteiger partial charge on any atom is -0.164 e. The number of hydrogen-bond donors (Lipinski definition) is 0. The van der Waals surface area contributed by atoms with Crippen LogP contribution in [0.5, 0.6) is 0 Å². The van der Waals surface area contributed by atoms with Crippen molar-refractivity contribution in [2.45, 2.75) is 32.6 Å². The molecule has 43 heavy (non-hydrogen) atoms. The number of benzene rings is 6. The van der Waals surface area contributed by atoms with Gasteiger partial charge < -0.3 is 0 Å². The molecule has 0 saturated carbocycles. The summed E-state index contributed by atoms with van der Waals surface area (Å²) in [6.07, 6.45) is 2.45. The first-order chi connectivity index (χ1) is 20.6. The van der Waals surface area contributed by atoms with Gasteiger partial charge in [-0.2, -0.15) is 6.07 Å². The monoisotopic (exact) mass is 627 g/mol. The molecule has 0 aliphatic heterocycles. The van der Waals surface area contributed by atoms with Gasteiger partial charge in [0, 0.05) is 32.1 Å². The van der Waals surface area contributed by atoms with E-state index in [0.717, 1.165) is 0 Å². The Morgan fingerprint density at radius 1 is 0.558 bits per heavy atom. The zero-order chi connectivity index (χ0) is 28.4. The Balaban J connectivity index is 0.00000300. The molecule has 0 nitrogen and oxygen atoms in total. The minimum atomic E-state index is 0. The summed E-state index contributed by atoms with van der Waals surface area (Å²) in [5.41, 5.74) is 12.4. The van der Waals surface area contributed by atoms with Crippen LogP contribution >= 0.6 is 0 Å². The molecule has 0 heterocycles. The predicted octanol–water partition coefficient (Wildman–Crippen LogP) is 11.8. The molecule has 1 heteroatoms. The van der Waals surface area contributed by atoms with Crippen molar-refractivity contribution in [3.63, 3.8) is 0 Å². The Morgan fingerprint density at radius 2 is 1.07 bits per heavy atom. The van der Waals surface area contributed by atoms with Gasteiger partial charge in [0.1, 0.15) is 0 Å². The zero-order valence-electron chi connectivity index (χ0n) is 24.9. The molecule has 0 fully saturated rings. The molecule has 206 valence electrons. The maximum atomic E-state index is 2.45. The Kier molecular flexibility index (Phi) is 7.11. The maximum absolute atomic E-state index is 2.45. The van der Waals surface area contributed by atoms with Crippen LogP contribution < -0.4 is 0 Å². The zero-order valence-corrected chi connectivity index (χ0v) is 27.3. The second-order valence-corrected chi connectivity index (χ2v) is 12.0. The van der Waals surface area contributed by atoms with E-state index in [2.05, 4.69) is 154 Å². The average molecular weight is 629 g/mol. The summed E-state index contributed by atoms with van der Waals surface area (Å²) in [4.78, 5) is 0. The van der Waals surface area contributed by atoms with Crippen LogP contribution in [0, 0.1) is 6.92 Å². The molecule has 0 bridgehead atoms. The molecule has 1 aliphatic rings. The summed E-state index contributed by atoms with van der Waals surface area (Å²) >= 11 is 0. The van der Waals surface area contributed by atoms with Crippen LogP contribution in [0.2, 0.25) is 0 Å². The van der Waals surface area contributed by atoms with Gasteiger partial charge in [0.15, 0.2) is 0 Å². The van der Waals surface area contributed by atoms with E-state index in [0.29, 0.717) is 11.8 Å². The van der Waals surface area contributed by atoms with Crippen LogP contribution in [-0.2, 0) is 26.2 Å². The van der Waals surface area contributed by atoms with Gasteiger partial charge in [-0.25, -0.2) is 0 Å². The van der Waals surface area contributed by atoms with Gasteiger partial charge in [0.05, 0.1) is 0 Å². The van der Waals surface area contributed by atoms with Crippen LogP contribution in [0.4, 0.5) is 0 Å². The molecule has 0 spiro atoms. The summed E-state index contributed by atoms with van der Waals surface area (Å²) in [5, 5.41) is 7.95. The molecular weight excluding hydrogens is 596 g/mol. The van der Waals surface area contributed by atoms with Crippen LogP contribution in [0.15, 0.2) is 133 Å². The van der Waals surface area contributed by atoms with Crippen molar-refractivity contribution in [2.24, 2.45) is 0 Å². The molecule has 0 saturated heterocycles. The summed E-state index contributed by atoms with van der Waals surface area (Å²) in [7, 11) is 0. The van der Waals surface area contributed by atoms with Gasteiger partial charge in [-0.05, 0) is 62.2 Å². The van der Waals surface area contributed by atoms with E-state index in [9.17, 15) is 0 Å². The molecular formula is C42H33Zr-. The second-order valence-electron chi connectivity index (χ2n) is 12.0. The van der Waals surface area contributed by atoms with Crippen molar-refractivity contribution < 1.29 is 26.2 Å². The topological polar surface area (TPSA) is 0 Å². The summed E-state index contributed by atoms with van der Waals surface area (Å²) in [6.45, 7) is 7.07. The fourth-order valence-electron chi connectivity index (χ4n) is 7.87. The SMILES string of the molecule is CC1=Cc2c(-c3cccc4ccccc34)cccc2C1C(C)[c-]1c(C)cc2c(-c3cccc4ccccc34)cccc21.[Zr]. The largest absolute Gasteiger partial charge is 0.164 e. The second kappa shape index (κ2) is 11.0. The molecule has 8 rings (SSSR count). The Bertz CT molecular complexity index is 2180. The van der Waals surface area contributed by atoms with Gasteiger partial charge in [-0.1, -0.05) is 140 Å². The van der Waals surface area contributed by atoms with Crippen LogP contribution in [-0.4, -0.2) is 0 Å². The number of rotatable bonds is 4. The Hall–Kier alpha value is -3.93. The molecule has 1 aliphatic carbocycles. The molecule has 0 radical (unpaired) electrons. The summed E-state index contributed by atoms with van der Waals surface area (Å²) in [6, 6.07) is 47.1. The van der Waals surface area contributed by atoms with Crippen molar-refractivity contribution in [1.82, 2.24) is 0 Å². The number of hydrogen-bond acceptors (Lipinski definition) is 0. The smallest absolute Gasteiger partial charge is 0.00412 e. The van der Waals surface area contributed by atoms with E-state index < -0.39 is 0 Å². The third-order valence-electron chi connectivity index (χ3n) is 9.63. The molecule has 0 aromatic heterocycles. The first-order valence-corrected chi connectivity index (χ1v) is 15.1. The first-order valence-electron chi connectivity index (χ1n) is 15.1. The Labute approximate surface area is 273 Å². The standard InChI is InChI=1S/C42H33.Zr/c1-26-24-39-35(33-18-8-14-29-12-4-6-16-31(29)33)20-10-22-37(39)41(26)28(3)42-27(2)25-40-36(21-11-23-38(40)42)34-19-9-15-30-13-5-7-17-32(30)34;/h4-25,28,41H,1-3H3;/q-1;. The third-order valence-corrected chi connectivity index (χ3v) is 9.63. The first kappa shape index (κ1) is 27.9. The fraction of sp³-hybridized carbons (Fsp3) is 0.119. The quantitative estimate of drug-likeness (QED) is 0.170. The predicted molar refractivity (Wildman–Crippen MR) is 181 cm³/mol. The maximum Gasteiger partial charge on any atom is 0.00412 e. The van der Waals surface area contributed by atoms with Crippen molar-refractivity contribution in [3.05, 3.63) is 155 Å². The minimum absolute atomic E-state index is 0. The van der Waals surface area contributed by atoms with E-state index in [1.165, 1.54) is 82.4 Å². The number of aryl methyl sites for hydroxylation is 1. The van der Waals surface area contributed by atoms with Gasteiger partial charge in [0.2, 0.25) is 0 Å². The van der Waals surface area contributed by atoms with E-state index in [1.54, 1.807) is 0 Å². The van der Waals surface area contributed by atoms with Gasteiger partial charge in [-0.15, -0.1) is 34.0 Å². The van der Waals surface area contributed by atoms with E-state index in [1.807, 2.05) is 0 Å². The fourth-order valence-corrected chi connectivity index (χ4v) is 7.87. The van der Waals surface area contributed by atoms with Gasteiger partial charge in [0.25, 0.3) is 0 Å². The summed E-state index contributed by atoms with van der Waals surface area (Å²) < 4.78 is 0. The molecule has 7 aromatic rings. The van der Waals surface area contributed by atoms with Crippen LogP contribution in [0.1, 0.15) is 47.9 Å². The molecule has 0 amide bonds. The number of fused-ring (bicyclic) bond motifs is 4. The molecule has 2 unspecified atom stereocenters. The molecule has 2 atom stereocenters. The molecule has 0 N–H and O–H groups in total. The normalized spacial score (nSPS) is 15.0. The van der Waals surface area contributed by atoms with Crippen molar-refractivity contribution in [1.29, 1.82) is 0 Å². The van der Waals surface area contributed by atoms with Crippen LogP contribution in [0.25, 0.3) is 60.6 Å². The van der Waals surface area contributed by atoms with Crippen molar-refractivity contribution in [3.8, 4) is 22.3 Å². The van der Waals surface area contributed by atoms with E-state index >= 15 is 0 Å². The van der Waals surface area contributed by atoms with Gasteiger partial charge in [-0.3, -0.25) is 0 Å². The molecule has 7 aromatic carbocycles. The van der Waals surface area contributed by atoms with E-state index in [-0.39, 0.29) is 26.2 Å². The van der Waals surface area contributed by atoms with Crippen molar-refractivity contribution in [2.75, 3.05) is 0 Å². The summed E-state index contributed by atoms with van der Waals surface area (Å²) in [5.74, 6) is 0.700. The average Bonchev–Trinajstić information content (AvgIpc) is 3.55. The van der Waals surface area contributed by atoms with Crippen LogP contribution in [0.3, 0.4) is 0 Å². The van der Waals surface area contributed by atoms with Crippen molar-refractivity contribution >= 4 is 38.4 Å². The van der Waals surface area contributed by atoms with Gasteiger partial charge >= 0.3 is 0 Å². The third kappa shape index (κ3) is 4.40. The van der Waals surface area contributed by atoms with E-state index in [4.69, 9.17) is 0 Å².